The summed E-state index contributed by atoms with van der Waals surface area (Å²) in [7, 11) is 0. The summed E-state index contributed by atoms with van der Waals surface area (Å²) < 4.78 is 5.23. The van der Waals surface area contributed by atoms with Crippen LogP contribution in [0.15, 0.2) is 28.1 Å². The summed E-state index contributed by atoms with van der Waals surface area (Å²) in [6.45, 7) is 8.50. The van der Waals surface area contributed by atoms with Gasteiger partial charge in [0.15, 0.2) is 0 Å². The molecule has 3 rings (SSSR count). The largest absolute Gasteiger partial charge is 0.462 e. The lowest BCUT2D eigenvalue weighted by Crippen LogP contribution is -2.35. The fourth-order valence-electron chi connectivity index (χ4n) is 3.49. The lowest BCUT2D eigenvalue weighted by atomic mass is 10.0. The summed E-state index contributed by atoms with van der Waals surface area (Å²) in [5.74, 6) is 0.429. The van der Waals surface area contributed by atoms with Crippen LogP contribution in [0.3, 0.4) is 0 Å². The van der Waals surface area contributed by atoms with Crippen molar-refractivity contribution in [3.63, 3.8) is 0 Å². The van der Waals surface area contributed by atoms with Crippen LogP contribution in [0.2, 0.25) is 0 Å². The summed E-state index contributed by atoms with van der Waals surface area (Å²) in [5, 5.41) is 11.9. The Morgan fingerprint density at radius 1 is 1.28 bits per heavy atom. The third kappa shape index (κ3) is 5.87. The highest BCUT2D eigenvalue weighted by Crippen LogP contribution is 2.29. The highest BCUT2D eigenvalue weighted by Gasteiger charge is 2.23. The fraction of sp³-hybridized carbons (Fsp3) is 0.524. The van der Waals surface area contributed by atoms with Crippen molar-refractivity contribution in [1.82, 2.24) is 16.0 Å². The lowest BCUT2D eigenvalue weighted by Gasteiger charge is -2.17. The van der Waals surface area contributed by atoms with E-state index >= 15 is 0 Å². The molecule has 3 N–H and O–H groups in total. The van der Waals surface area contributed by atoms with Gasteiger partial charge in [-0.2, -0.15) is 0 Å². The van der Waals surface area contributed by atoms with Crippen molar-refractivity contribution < 1.29 is 14.3 Å². The summed E-state index contributed by atoms with van der Waals surface area (Å²) in [6.07, 6.45) is 4.83. The number of amides is 2. The smallest absolute Gasteiger partial charge is 0.341 e. The average molecular weight is 436 g/mol. The number of fused-ring (bicyclic) bond motifs is 1. The molecule has 2 aliphatic rings. The maximum Gasteiger partial charge on any atom is 0.341 e. The standard InChI is InChI=1S/C21H29N3O3S2/c1-3-27-20(25)18-14(2)7-5-4-6-10-28-19(18)24-21(26)23-11-15-13-29-17-12-22-9-8-16(15)17/h13,22H,2-12H2,1H3,(H2,23,24,26)/b19-18+. The average Bonchev–Trinajstić information content (AvgIpc) is 3.14. The number of ether oxygens (including phenoxy) is 1. The molecule has 2 aliphatic heterocycles. The van der Waals surface area contributed by atoms with Crippen molar-refractivity contribution in [3.8, 4) is 0 Å². The molecule has 0 saturated carbocycles. The Hall–Kier alpha value is -1.77. The van der Waals surface area contributed by atoms with E-state index in [0.29, 0.717) is 17.1 Å². The number of urea groups is 1. The highest BCUT2D eigenvalue weighted by molar-refractivity contribution is 8.03. The van der Waals surface area contributed by atoms with Gasteiger partial charge in [0.1, 0.15) is 0 Å². The van der Waals surface area contributed by atoms with E-state index in [9.17, 15) is 9.59 Å². The number of hydrogen-bond donors (Lipinski definition) is 3. The molecule has 0 atom stereocenters. The van der Waals surface area contributed by atoms with Crippen LogP contribution in [0.1, 0.15) is 48.6 Å². The molecule has 1 aromatic heterocycles. The van der Waals surface area contributed by atoms with Gasteiger partial charge in [0.05, 0.1) is 17.2 Å². The molecule has 0 fully saturated rings. The van der Waals surface area contributed by atoms with Crippen molar-refractivity contribution >= 4 is 35.1 Å². The highest BCUT2D eigenvalue weighted by atomic mass is 32.2. The zero-order chi connectivity index (χ0) is 20.6. The van der Waals surface area contributed by atoms with Gasteiger partial charge in [-0.3, -0.25) is 0 Å². The van der Waals surface area contributed by atoms with Gasteiger partial charge in [0, 0.05) is 18.0 Å². The minimum Gasteiger partial charge on any atom is -0.462 e. The molecule has 8 heteroatoms. The summed E-state index contributed by atoms with van der Waals surface area (Å²) >= 11 is 3.23. The normalized spacial score (nSPS) is 20.1. The first-order valence-electron chi connectivity index (χ1n) is 10.2. The predicted molar refractivity (Wildman–Crippen MR) is 119 cm³/mol. The lowest BCUT2D eigenvalue weighted by molar-refractivity contribution is -0.138. The Bertz CT molecular complexity index is 801. The minimum atomic E-state index is -0.415. The van der Waals surface area contributed by atoms with Crippen LogP contribution in [-0.4, -0.2) is 30.9 Å². The quantitative estimate of drug-likeness (QED) is 0.613. The Labute approximate surface area is 180 Å². The first-order chi connectivity index (χ1) is 14.1. The summed E-state index contributed by atoms with van der Waals surface area (Å²) in [4.78, 5) is 26.5. The maximum atomic E-state index is 12.6. The Kier molecular flexibility index (Phi) is 8.20. The number of nitrogens with one attached hydrogen (secondary N) is 3. The SMILES string of the molecule is C=C1CCCCCS/C(NC(=O)NCc2csc3c2CCNC3)=C\1C(=O)OCC. The molecule has 3 heterocycles. The summed E-state index contributed by atoms with van der Waals surface area (Å²) in [5.41, 5.74) is 3.67. The van der Waals surface area contributed by atoms with E-state index in [1.165, 1.54) is 27.8 Å². The van der Waals surface area contributed by atoms with Crippen LogP contribution in [0.4, 0.5) is 4.79 Å². The van der Waals surface area contributed by atoms with E-state index in [-0.39, 0.29) is 12.6 Å². The van der Waals surface area contributed by atoms with Crippen molar-refractivity contribution in [1.29, 1.82) is 0 Å². The van der Waals surface area contributed by atoms with E-state index in [1.54, 1.807) is 18.3 Å². The number of thiophene rings is 1. The third-order valence-corrected chi connectivity index (χ3v) is 7.17. The second-order valence-corrected chi connectivity index (χ2v) is 9.15. The first-order valence-corrected chi connectivity index (χ1v) is 12.0. The molecule has 0 aromatic carbocycles. The number of thioether (sulfide) groups is 1. The molecule has 2 amide bonds. The van der Waals surface area contributed by atoms with Crippen LogP contribution in [0.25, 0.3) is 0 Å². The maximum absolute atomic E-state index is 12.6. The Morgan fingerprint density at radius 3 is 2.97 bits per heavy atom. The topological polar surface area (TPSA) is 79.5 Å². The van der Waals surface area contributed by atoms with Gasteiger partial charge in [-0.1, -0.05) is 13.0 Å². The van der Waals surface area contributed by atoms with Gasteiger partial charge in [0.25, 0.3) is 0 Å². The van der Waals surface area contributed by atoms with Crippen molar-refractivity contribution in [2.24, 2.45) is 0 Å². The molecule has 0 unspecified atom stereocenters. The number of esters is 1. The van der Waals surface area contributed by atoms with Crippen LogP contribution in [0, 0.1) is 0 Å². The van der Waals surface area contributed by atoms with Gasteiger partial charge in [0.2, 0.25) is 0 Å². The molecule has 1 aromatic rings. The van der Waals surface area contributed by atoms with E-state index in [4.69, 9.17) is 4.74 Å². The van der Waals surface area contributed by atoms with Crippen LogP contribution >= 0.6 is 23.1 Å². The number of carbonyl (C=O) groups excluding carboxylic acids is 2. The molecule has 0 spiro atoms. The summed E-state index contributed by atoms with van der Waals surface area (Å²) in [6, 6.07) is -0.310. The molecule has 0 saturated heterocycles. The second kappa shape index (κ2) is 10.8. The van der Waals surface area contributed by atoms with Crippen molar-refractivity contribution in [3.05, 3.63) is 44.1 Å². The fourth-order valence-corrected chi connectivity index (χ4v) is 5.65. The predicted octanol–water partition coefficient (Wildman–Crippen LogP) is 3.83. The minimum absolute atomic E-state index is 0.290. The van der Waals surface area contributed by atoms with Gasteiger partial charge in [-0.25, -0.2) is 9.59 Å². The van der Waals surface area contributed by atoms with Crippen LogP contribution in [0.5, 0.6) is 0 Å². The van der Waals surface area contributed by atoms with Gasteiger partial charge >= 0.3 is 12.0 Å². The van der Waals surface area contributed by atoms with Crippen molar-refractivity contribution in [2.45, 2.75) is 52.1 Å². The van der Waals surface area contributed by atoms with E-state index in [0.717, 1.165) is 56.5 Å². The second-order valence-electron chi connectivity index (χ2n) is 7.08. The molecular formula is C21H29N3O3S2. The van der Waals surface area contributed by atoms with E-state index < -0.39 is 5.97 Å². The molecular weight excluding hydrogens is 406 g/mol. The van der Waals surface area contributed by atoms with E-state index in [1.807, 2.05) is 0 Å². The number of hydrogen-bond acceptors (Lipinski definition) is 6. The van der Waals surface area contributed by atoms with E-state index in [2.05, 4.69) is 27.9 Å². The Balaban J connectivity index is 1.70. The molecule has 158 valence electrons. The molecule has 29 heavy (non-hydrogen) atoms. The third-order valence-electron chi connectivity index (χ3n) is 5.00. The van der Waals surface area contributed by atoms with Gasteiger partial charge in [-0.15, -0.1) is 23.1 Å². The van der Waals surface area contributed by atoms with Gasteiger partial charge in [-0.05, 0) is 67.0 Å². The number of rotatable bonds is 5. The van der Waals surface area contributed by atoms with Crippen LogP contribution < -0.4 is 16.0 Å². The molecule has 0 bridgehead atoms. The van der Waals surface area contributed by atoms with Crippen molar-refractivity contribution in [2.75, 3.05) is 18.9 Å². The number of carbonyl (C=O) groups is 2. The Morgan fingerprint density at radius 2 is 2.14 bits per heavy atom. The zero-order valence-corrected chi connectivity index (χ0v) is 18.5. The monoisotopic (exact) mass is 435 g/mol. The molecule has 0 aliphatic carbocycles. The zero-order valence-electron chi connectivity index (χ0n) is 16.9. The van der Waals surface area contributed by atoms with Gasteiger partial charge < -0.3 is 20.7 Å². The van der Waals surface area contributed by atoms with Crippen LogP contribution in [-0.2, 0) is 29.0 Å². The molecule has 6 nitrogen and oxygen atoms in total. The first kappa shape index (κ1) is 21.9. The molecule has 0 radical (unpaired) electrons.